The predicted molar refractivity (Wildman–Crippen MR) is 61.2 cm³/mol. The average molecular weight is 259 g/mol. The van der Waals surface area contributed by atoms with Crippen LogP contribution < -0.4 is 5.73 Å². The highest BCUT2D eigenvalue weighted by atomic mass is 16.6. The summed E-state index contributed by atoms with van der Waals surface area (Å²) in [5, 5.41) is 0. The molecule has 2 atom stereocenters. The van der Waals surface area contributed by atoms with Crippen LogP contribution in [0.5, 0.6) is 0 Å². The SMILES string of the molecule is NC12C(=O)OC(=O)CC1C(=O)c1ccccc1C2=O. The Hall–Kier alpha value is -2.34. The fourth-order valence-electron chi connectivity index (χ4n) is 2.56. The second kappa shape index (κ2) is 3.58. The first-order valence-electron chi connectivity index (χ1n) is 5.68. The number of fused-ring (bicyclic) bond motifs is 2. The molecule has 6 nitrogen and oxygen atoms in total. The lowest BCUT2D eigenvalue weighted by atomic mass is 9.67. The zero-order valence-corrected chi connectivity index (χ0v) is 9.71. The van der Waals surface area contributed by atoms with Crippen LogP contribution in [0.4, 0.5) is 0 Å². The Morgan fingerprint density at radius 3 is 2.42 bits per heavy atom. The van der Waals surface area contributed by atoms with E-state index in [1.54, 1.807) is 12.1 Å². The van der Waals surface area contributed by atoms with Crippen LogP contribution in [0, 0.1) is 5.92 Å². The number of hydrogen-bond donors (Lipinski definition) is 1. The van der Waals surface area contributed by atoms with E-state index in [9.17, 15) is 19.2 Å². The van der Waals surface area contributed by atoms with Crippen molar-refractivity contribution in [2.45, 2.75) is 12.0 Å². The summed E-state index contributed by atoms with van der Waals surface area (Å²) >= 11 is 0. The first-order valence-corrected chi connectivity index (χ1v) is 5.68. The minimum Gasteiger partial charge on any atom is -0.391 e. The molecule has 1 aromatic rings. The molecule has 0 spiro atoms. The summed E-state index contributed by atoms with van der Waals surface area (Å²) in [6.45, 7) is 0. The van der Waals surface area contributed by atoms with Gasteiger partial charge in [-0.05, 0) is 0 Å². The van der Waals surface area contributed by atoms with Gasteiger partial charge in [0.25, 0.3) is 0 Å². The maximum atomic E-state index is 12.3. The Bertz CT molecular complexity index is 650. The molecule has 3 rings (SSSR count). The van der Waals surface area contributed by atoms with E-state index < -0.39 is 35.0 Å². The molecule has 0 bridgehead atoms. The maximum Gasteiger partial charge on any atom is 0.342 e. The molecule has 1 aliphatic heterocycles. The second-order valence-corrected chi connectivity index (χ2v) is 4.63. The Balaban J connectivity index is 2.25. The highest BCUT2D eigenvalue weighted by molar-refractivity contribution is 6.29. The van der Waals surface area contributed by atoms with Gasteiger partial charge in [0.1, 0.15) is 0 Å². The van der Waals surface area contributed by atoms with Crippen molar-refractivity contribution in [3.05, 3.63) is 35.4 Å². The van der Waals surface area contributed by atoms with Crippen molar-refractivity contribution >= 4 is 23.5 Å². The molecule has 6 heteroatoms. The summed E-state index contributed by atoms with van der Waals surface area (Å²) in [5.41, 5.74) is 4.03. The van der Waals surface area contributed by atoms with Gasteiger partial charge in [-0.2, -0.15) is 0 Å². The Morgan fingerprint density at radius 2 is 1.74 bits per heavy atom. The Morgan fingerprint density at radius 1 is 1.11 bits per heavy atom. The number of nitrogens with two attached hydrogens (primary N) is 1. The lowest BCUT2D eigenvalue weighted by Gasteiger charge is -2.39. The molecule has 19 heavy (non-hydrogen) atoms. The molecule has 2 unspecified atom stereocenters. The van der Waals surface area contributed by atoms with Crippen LogP contribution in [-0.2, 0) is 14.3 Å². The maximum absolute atomic E-state index is 12.3. The summed E-state index contributed by atoms with van der Waals surface area (Å²) in [4.78, 5) is 47.7. The number of Topliss-reactive ketones (excluding diaryl/α,β-unsaturated/α-hetero) is 2. The number of ether oxygens (including phenoxy) is 1. The van der Waals surface area contributed by atoms with Crippen molar-refractivity contribution in [3.8, 4) is 0 Å². The number of cyclic esters (lactones) is 2. The fraction of sp³-hybridized carbons (Fsp3) is 0.231. The van der Waals surface area contributed by atoms with Gasteiger partial charge < -0.3 is 10.5 Å². The summed E-state index contributed by atoms with van der Waals surface area (Å²) in [5.74, 6) is -4.31. The molecule has 1 aliphatic carbocycles. The predicted octanol–water partition coefficient (Wildman–Crippen LogP) is -0.147. The van der Waals surface area contributed by atoms with Crippen molar-refractivity contribution in [1.29, 1.82) is 0 Å². The van der Waals surface area contributed by atoms with Crippen LogP contribution in [0.1, 0.15) is 27.1 Å². The van der Waals surface area contributed by atoms with Gasteiger partial charge in [0.2, 0.25) is 0 Å². The van der Waals surface area contributed by atoms with E-state index >= 15 is 0 Å². The molecule has 0 amide bonds. The van der Waals surface area contributed by atoms with E-state index in [0.717, 1.165) is 0 Å². The van der Waals surface area contributed by atoms with E-state index in [-0.39, 0.29) is 17.5 Å². The summed E-state index contributed by atoms with van der Waals surface area (Å²) in [7, 11) is 0. The lowest BCUT2D eigenvalue weighted by Crippen LogP contribution is -2.68. The lowest BCUT2D eigenvalue weighted by molar-refractivity contribution is -0.169. The normalized spacial score (nSPS) is 29.6. The van der Waals surface area contributed by atoms with Gasteiger partial charge in [0.05, 0.1) is 12.3 Å². The topological polar surface area (TPSA) is 104 Å². The zero-order chi connectivity index (χ0) is 13.8. The third-order valence-corrected chi connectivity index (χ3v) is 3.59. The number of esters is 2. The van der Waals surface area contributed by atoms with Gasteiger partial charge in [-0.3, -0.25) is 14.4 Å². The fourth-order valence-corrected chi connectivity index (χ4v) is 2.56. The summed E-state index contributed by atoms with van der Waals surface area (Å²) < 4.78 is 4.42. The molecule has 96 valence electrons. The van der Waals surface area contributed by atoms with Gasteiger partial charge >= 0.3 is 11.9 Å². The summed E-state index contributed by atoms with van der Waals surface area (Å²) in [6, 6.07) is 6.10. The van der Waals surface area contributed by atoms with Crippen LogP contribution in [-0.4, -0.2) is 29.0 Å². The second-order valence-electron chi connectivity index (χ2n) is 4.63. The summed E-state index contributed by atoms with van der Waals surface area (Å²) in [6.07, 6.45) is -0.360. The van der Waals surface area contributed by atoms with Gasteiger partial charge in [0.15, 0.2) is 17.1 Å². The molecule has 1 fully saturated rings. The number of benzene rings is 1. The van der Waals surface area contributed by atoms with Gasteiger partial charge in [0, 0.05) is 11.1 Å². The van der Waals surface area contributed by atoms with Crippen molar-refractivity contribution in [2.75, 3.05) is 0 Å². The molecule has 0 saturated carbocycles. The first-order chi connectivity index (χ1) is 8.96. The monoisotopic (exact) mass is 259 g/mol. The standard InChI is InChI=1S/C13H9NO5/c14-13-8(5-9(15)19-12(13)18)10(16)6-3-1-2-4-7(6)11(13)17/h1-4,8H,5,14H2. The number of ketones is 2. The molecule has 2 aliphatic rings. The number of rotatable bonds is 0. The minimum atomic E-state index is -2.08. The third kappa shape index (κ3) is 1.34. The quantitative estimate of drug-likeness (QED) is 0.513. The molecule has 0 radical (unpaired) electrons. The van der Waals surface area contributed by atoms with Gasteiger partial charge in [-0.25, -0.2) is 4.79 Å². The van der Waals surface area contributed by atoms with Crippen LogP contribution in [0.15, 0.2) is 24.3 Å². The average Bonchev–Trinajstić information content (AvgIpc) is 2.40. The van der Waals surface area contributed by atoms with Crippen molar-refractivity contribution in [2.24, 2.45) is 11.7 Å². The van der Waals surface area contributed by atoms with Crippen molar-refractivity contribution in [3.63, 3.8) is 0 Å². The van der Waals surface area contributed by atoms with Crippen molar-refractivity contribution in [1.82, 2.24) is 0 Å². The highest BCUT2D eigenvalue weighted by Crippen LogP contribution is 2.37. The number of carbonyl (C=O) groups excluding carboxylic acids is 4. The van der Waals surface area contributed by atoms with Crippen LogP contribution in [0.3, 0.4) is 0 Å². The first kappa shape index (κ1) is 11.7. The van der Waals surface area contributed by atoms with E-state index in [4.69, 9.17) is 5.73 Å². The molecule has 2 N–H and O–H groups in total. The number of hydrogen-bond acceptors (Lipinski definition) is 6. The molecule has 1 aromatic carbocycles. The smallest absolute Gasteiger partial charge is 0.342 e. The molecule has 0 aromatic heterocycles. The highest BCUT2D eigenvalue weighted by Gasteiger charge is 2.60. The van der Waals surface area contributed by atoms with E-state index in [0.29, 0.717) is 0 Å². The number of carbonyl (C=O) groups is 4. The van der Waals surface area contributed by atoms with Gasteiger partial charge in [-0.15, -0.1) is 0 Å². The molecular weight excluding hydrogens is 250 g/mol. The molecule has 1 heterocycles. The molecule has 1 saturated heterocycles. The van der Waals surface area contributed by atoms with E-state index in [1.165, 1.54) is 12.1 Å². The van der Waals surface area contributed by atoms with Crippen LogP contribution >= 0.6 is 0 Å². The third-order valence-electron chi connectivity index (χ3n) is 3.59. The van der Waals surface area contributed by atoms with Gasteiger partial charge in [-0.1, -0.05) is 24.3 Å². The molecular formula is C13H9NO5. The minimum absolute atomic E-state index is 0.0950. The van der Waals surface area contributed by atoms with Crippen LogP contribution in [0.2, 0.25) is 0 Å². The Labute approximate surface area is 107 Å². The Kier molecular flexibility index (Phi) is 2.21. The zero-order valence-electron chi connectivity index (χ0n) is 9.71. The van der Waals surface area contributed by atoms with Crippen LogP contribution in [0.25, 0.3) is 0 Å². The largest absolute Gasteiger partial charge is 0.391 e. The van der Waals surface area contributed by atoms with Crippen molar-refractivity contribution < 1.29 is 23.9 Å². The van der Waals surface area contributed by atoms with E-state index in [1.807, 2.05) is 0 Å². The van der Waals surface area contributed by atoms with E-state index in [2.05, 4.69) is 4.74 Å².